The van der Waals surface area contributed by atoms with Crippen molar-refractivity contribution in [3.8, 4) is 0 Å². The largest absolute Gasteiger partial charge is 0.483 e. The summed E-state index contributed by atoms with van der Waals surface area (Å²) < 4.78 is 10.3. The average Bonchev–Trinajstić information content (AvgIpc) is 2.86. The second-order valence-corrected chi connectivity index (χ2v) is 5.36. The van der Waals surface area contributed by atoms with Crippen LogP contribution in [0.3, 0.4) is 0 Å². The standard InChI is InChI=1S/C15H14N2O4S/c16-14(18)13-12(9-6-7-20-11(22)8-9)17(15(19)21-13)10-4-2-1-3-5-10/h1-8,11-13,22H,(H2,16,18). The molecule has 1 fully saturated rings. The highest BCUT2D eigenvalue weighted by Gasteiger charge is 2.47. The SMILES string of the molecule is NC(=O)C1OC(=O)N(c2ccccc2)C1C1=CC(S)OC=C1. The maximum Gasteiger partial charge on any atom is 0.415 e. The molecule has 22 heavy (non-hydrogen) atoms. The summed E-state index contributed by atoms with van der Waals surface area (Å²) in [5, 5.41) is 0. The van der Waals surface area contributed by atoms with Gasteiger partial charge in [-0.25, -0.2) is 4.79 Å². The van der Waals surface area contributed by atoms with Gasteiger partial charge in [0, 0.05) is 5.69 Å². The number of carbonyl (C=O) groups is 2. The van der Waals surface area contributed by atoms with Crippen LogP contribution >= 0.6 is 12.6 Å². The predicted octanol–water partition coefficient (Wildman–Crippen LogP) is 1.59. The molecule has 3 rings (SSSR count). The number of nitrogens with two attached hydrogens (primary N) is 1. The minimum absolute atomic E-state index is 0.457. The molecule has 0 bridgehead atoms. The van der Waals surface area contributed by atoms with Crippen molar-refractivity contribution >= 4 is 30.3 Å². The zero-order chi connectivity index (χ0) is 15.7. The third-order valence-electron chi connectivity index (χ3n) is 3.46. The van der Waals surface area contributed by atoms with Crippen LogP contribution < -0.4 is 10.6 Å². The summed E-state index contributed by atoms with van der Waals surface area (Å²) >= 11 is 4.22. The number of cyclic esters (lactones) is 1. The van der Waals surface area contributed by atoms with Gasteiger partial charge in [-0.05, 0) is 29.9 Å². The Morgan fingerprint density at radius 1 is 1.27 bits per heavy atom. The molecule has 114 valence electrons. The van der Waals surface area contributed by atoms with Crippen LogP contribution in [-0.4, -0.2) is 29.6 Å². The number of para-hydroxylation sites is 1. The maximum absolute atomic E-state index is 12.2. The number of nitrogens with zero attached hydrogens (tertiary/aromatic N) is 1. The van der Waals surface area contributed by atoms with E-state index in [-0.39, 0.29) is 0 Å². The molecule has 2 aliphatic rings. The molecule has 7 heteroatoms. The number of hydrogen-bond acceptors (Lipinski definition) is 5. The Kier molecular flexibility index (Phi) is 3.81. The topological polar surface area (TPSA) is 81.9 Å². The van der Waals surface area contributed by atoms with Crippen LogP contribution in [0.15, 0.2) is 54.3 Å². The Bertz CT molecular complexity index is 659. The van der Waals surface area contributed by atoms with Crippen molar-refractivity contribution < 1.29 is 19.1 Å². The highest BCUT2D eigenvalue weighted by Crippen LogP contribution is 2.33. The fraction of sp³-hybridized carbons (Fsp3) is 0.200. The summed E-state index contributed by atoms with van der Waals surface area (Å²) in [5.41, 5.74) is 6.24. The Hall–Kier alpha value is -2.41. The molecular weight excluding hydrogens is 304 g/mol. The molecule has 6 nitrogen and oxygen atoms in total. The van der Waals surface area contributed by atoms with E-state index in [2.05, 4.69) is 12.6 Å². The fourth-order valence-electron chi connectivity index (χ4n) is 2.53. The lowest BCUT2D eigenvalue weighted by Gasteiger charge is -2.26. The molecule has 0 aromatic heterocycles. The first-order chi connectivity index (χ1) is 10.6. The van der Waals surface area contributed by atoms with Gasteiger partial charge in [-0.2, -0.15) is 0 Å². The fourth-order valence-corrected chi connectivity index (χ4v) is 2.77. The Labute approximate surface area is 132 Å². The van der Waals surface area contributed by atoms with Gasteiger partial charge in [-0.1, -0.05) is 18.2 Å². The zero-order valence-electron chi connectivity index (χ0n) is 11.5. The van der Waals surface area contributed by atoms with E-state index >= 15 is 0 Å². The number of ether oxygens (including phenoxy) is 2. The molecule has 1 saturated heterocycles. The van der Waals surface area contributed by atoms with E-state index in [4.69, 9.17) is 15.2 Å². The number of carbonyl (C=O) groups excluding carboxylic acids is 2. The Morgan fingerprint density at radius 3 is 2.64 bits per heavy atom. The van der Waals surface area contributed by atoms with E-state index in [1.165, 1.54) is 11.2 Å². The van der Waals surface area contributed by atoms with Crippen molar-refractivity contribution in [2.75, 3.05) is 4.90 Å². The summed E-state index contributed by atoms with van der Waals surface area (Å²) in [6.45, 7) is 0. The summed E-state index contributed by atoms with van der Waals surface area (Å²) in [6, 6.07) is 8.31. The highest BCUT2D eigenvalue weighted by atomic mass is 32.1. The predicted molar refractivity (Wildman–Crippen MR) is 83.3 cm³/mol. The zero-order valence-corrected chi connectivity index (χ0v) is 12.4. The van der Waals surface area contributed by atoms with E-state index in [0.717, 1.165) is 0 Å². The van der Waals surface area contributed by atoms with Gasteiger partial charge < -0.3 is 15.2 Å². The van der Waals surface area contributed by atoms with Gasteiger partial charge in [-0.3, -0.25) is 9.69 Å². The van der Waals surface area contributed by atoms with E-state index in [1.807, 2.05) is 6.07 Å². The molecule has 3 atom stereocenters. The number of rotatable bonds is 3. The number of thiol groups is 1. The average molecular weight is 318 g/mol. The van der Waals surface area contributed by atoms with E-state index in [1.54, 1.807) is 36.4 Å². The smallest absolute Gasteiger partial charge is 0.415 e. The lowest BCUT2D eigenvalue weighted by Crippen LogP contribution is -2.44. The molecule has 0 radical (unpaired) electrons. The first-order valence-electron chi connectivity index (χ1n) is 6.64. The second kappa shape index (κ2) is 5.76. The normalized spacial score (nSPS) is 27.1. The van der Waals surface area contributed by atoms with Crippen LogP contribution in [0.25, 0.3) is 0 Å². The lowest BCUT2D eigenvalue weighted by molar-refractivity contribution is -0.125. The summed E-state index contributed by atoms with van der Waals surface area (Å²) in [6.07, 6.45) is 3.17. The maximum atomic E-state index is 12.2. The lowest BCUT2D eigenvalue weighted by atomic mass is 9.98. The van der Waals surface area contributed by atoms with E-state index in [0.29, 0.717) is 11.3 Å². The minimum Gasteiger partial charge on any atom is -0.483 e. The molecule has 0 aliphatic carbocycles. The first-order valence-corrected chi connectivity index (χ1v) is 7.15. The second-order valence-electron chi connectivity index (χ2n) is 4.85. The van der Waals surface area contributed by atoms with Crippen LogP contribution in [0.4, 0.5) is 10.5 Å². The third kappa shape index (κ3) is 2.55. The summed E-state index contributed by atoms with van der Waals surface area (Å²) in [7, 11) is 0. The number of primary amides is 1. The van der Waals surface area contributed by atoms with E-state index < -0.39 is 29.6 Å². The molecule has 2 aliphatic heterocycles. The van der Waals surface area contributed by atoms with Gasteiger partial charge in [0.2, 0.25) is 6.10 Å². The Morgan fingerprint density at radius 2 is 2.00 bits per heavy atom. The van der Waals surface area contributed by atoms with Crippen LogP contribution in [0.5, 0.6) is 0 Å². The minimum atomic E-state index is -1.07. The van der Waals surface area contributed by atoms with Gasteiger partial charge in [-0.15, -0.1) is 12.6 Å². The molecule has 0 saturated carbocycles. The summed E-state index contributed by atoms with van der Waals surface area (Å²) in [4.78, 5) is 25.3. The van der Waals surface area contributed by atoms with Crippen LogP contribution in [0.1, 0.15) is 0 Å². The van der Waals surface area contributed by atoms with Crippen molar-refractivity contribution in [3.63, 3.8) is 0 Å². The van der Waals surface area contributed by atoms with Crippen LogP contribution in [0.2, 0.25) is 0 Å². The monoisotopic (exact) mass is 318 g/mol. The van der Waals surface area contributed by atoms with Crippen molar-refractivity contribution in [2.45, 2.75) is 17.6 Å². The van der Waals surface area contributed by atoms with Gasteiger partial charge >= 0.3 is 6.09 Å². The highest BCUT2D eigenvalue weighted by molar-refractivity contribution is 7.80. The molecular formula is C15H14N2O4S. The van der Waals surface area contributed by atoms with Crippen LogP contribution in [0, 0.1) is 0 Å². The molecule has 2 heterocycles. The molecule has 1 aromatic rings. The number of benzene rings is 1. The number of amides is 2. The number of anilines is 1. The van der Waals surface area contributed by atoms with E-state index in [9.17, 15) is 9.59 Å². The van der Waals surface area contributed by atoms with Crippen molar-refractivity contribution in [1.82, 2.24) is 0 Å². The molecule has 3 unspecified atom stereocenters. The van der Waals surface area contributed by atoms with Gasteiger partial charge in [0.05, 0.1) is 6.26 Å². The molecule has 0 spiro atoms. The van der Waals surface area contributed by atoms with Crippen molar-refractivity contribution in [1.29, 1.82) is 0 Å². The van der Waals surface area contributed by atoms with Crippen LogP contribution in [-0.2, 0) is 14.3 Å². The quantitative estimate of drug-likeness (QED) is 0.829. The van der Waals surface area contributed by atoms with Crippen molar-refractivity contribution in [2.24, 2.45) is 5.73 Å². The first kappa shape index (κ1) is 14.5. The van der Waals surface area contributed by atoms with Gasteiger partial charge in [0.1, 0.15) is 6.04 Å². The molecule has 1 aromatic carbocycles. The molecule has 2 N–H and O–H groups in total. The molecule has 2 amide bonds. The Balaban J connectivity index is 2.05. The van der Waals surface area contributed by atoms with Gasteiger partial charge in [0.15, 0.2) is 5.44 Å². The third-order valence-corrected chi connectivity index (χ3v) is 3.73. The van der Waals surface area contributed by atoms with Crippen molar-refractivity contribution in [3.05, 3.63) is 54.3 Å². The summed E-state index contributed by atoms with van der Waals surface area (Å²) in [5.74, 6) is -0.701. The number of hydrogen-bond donors (Lipinski definition) is 2. The van der Waals surface area contributed by atoms with Gasteiger partial charge in [0.25, 0.3) is 5.91 Å².